The van der Waals surface area contributed by atoms with Gasteiger partial charge in [-0.05, 0) is 24.6 Å². The summed E-state index contributed by atoms with van der Waals surface area (Å²) in [7, 11) is 0. The summed E-state index contributed by atoms with van der Waals surface area (Å²) in [6, 6.07) is 8.10. The minimum Gasteiger partial charge on any atom is -0.356 e. The molecule has 2 rings (SSSR count). The van der Waals surface area contributed by atoms with Gasteiger partial charge in [0.05, 0.1) is 10.5 Å². The zero-order valence-electron chi connectivity index (χ0n) is 9.68. The molecule has 0 saturated carbocycles. The first-order chi connectivity index (χ1) is 7.66. The predicted molar refractivity (Wildman–Crippen MR) is 69.9 cm³/mol. The van der Waals surface area contributed by atoms with E-state index in [2.05, 4.69) is 36.3 Å². The normalized spacial score (nSPS) is 11.5. The third-order valence-electron chi connectivity index (χ3n) is 2.53. The Morgan fingerprint density at radius 2 is 2.19 bits per heavy atom. The molecule has 1 heterocycles. The smallest absolute Gasteiger partial charge is 0.0647 e. The Balaban J connectivity index is 2.11. The van der Waals surface area contributed by atoms with Crippen LogP contribution in [-0.4, -0.2) is 11.5 Å². The maximum absolute atomic E-state index is 6.10. The standard InChI is InChI=1S/C13H17ClN2/c1-9(2)7-15-8-11-6-10-4-3-5-12(14)13(10)16-11/h3-6,9,15-16H,7-8H2,1-2H3. The number of hydrogen-bond acceptors (Lipinski definition) is 1. The number of halogens is 1. The van der Waals surface area contributed by atoms with E-state index in [-0.39, 0.29) is 0 Å². The van der Waals surface area contributed by atoms with E-state index in [1.807, 2.05) is 12.1 Å². The summed E-state index contributed by atoms with van der Waals surface area (Å²) in [6.07, 6.45) is 0. The molecule has 0 spiro atoms. The van der Waals surface area contributed by atoms with Crippen LogP contribution in [0.4, 0.5) is 0 Å². The summed E-state index contributed by atoms with van der Waals surface area (Å²) in [6.45, 7) is 6.30. The molecule has 86 valence electrons. The number of aromatic nitrogens is 1. The third-order valence-corrected chi connectivity index (χ3v) is 2.84. The van der Waals surface area contributed by atoms with Crippen LogP contribution in [0.1, 0.15) is 19.5 Å². The van der Waals surface area contributed by atoms with Crippen molar-refractivity contribution in [2.75, 3.05) is 6.54 Å². The number of para-hydroxylation sites is 1. The van der Waals surface area contributed by atoms with Gasteiger partial charge in [0.15, 0.2) is 0 Å². The van der Waals surface area contributed by atoms with Crippen LogP contribution >= 0.6 is 11.6 Å². The minimum atomic E-state index is 0.674. The lowest BCUT2D eigenvalue weighted by Crippen LogP contribution is -2.19. The monoisotopic (exact) mass is 236 g/mol. The number of benzene rings is 1. The minimum absolute atomic E-state index is 0.674. The van der Waals surface area contributed by atoms with Crippen molar-refractivity contribution in [2.24, 2.45) is 5.92 Å². The van der Waals surface area contributed by atoms with Gasteiger partial charge in [0, 0.05) is 17.6 Å². The van der Waals surface area contributed by atoms with Crippen LogP contribution in [0.15, 0.2) is 24.3 Å². The number of fused-ring (bicyclic) bond motifs is 1. The van der Waals surface area contributed by atoms with Gasteiger partial charge in [0.2, 0.25) is 0 Å². The van der Waals surface area contributed by atoms with Crippen LogP contribution in [0.5, 0.6) is 0 Å². The lowest BCUT2D eigenvalue weighted by Gasteiger charge is -2.05. The molecular weight excluding hydrogens is 220 g/mol. The first-order valence-corrected chi connectivity index (χ1v) is 6.01. The van der Waals surface area contributed by atoms with Gasteiger partial charge in [-0.2, -0.15) is 0 Å². The first-order valence-electron chi connectivity index (χ1n) is 5.63. The van der Waals surface area contributed by atoms with Crippen molar-refractivity contribution in [3.63, 3.8) is 0 Å². The molecule has 0 atom stereocenters. The van der Waals surface area contributed by atoms with Crippen LogP contribution in [0.25, 0.3) is 10.9 Å². The van der Waals surface area contributed by atoms with Crippen molar-refractivity contribution < 1.29 is 0 Å². The highest BCUT2D eigenvalue weighted by Crippen LogP contribution is 2.23. The predicted octanol–water partition coefficient (Wildman–Crippen LogP) is 3.57. The molecule has 0 fully saturated rings. The highest BCUT2D eigenvalue weighted by atomic mass is 35.5. The van der Waals surface area contributed by atoms with Crippen LogP contribution in [-0.2, 0) is 6.54 Å². The van der Waals surface area contributed by atoms with Gasteiger partial charge in [-0.15, -0.1) is 0 Å². The number of nitrogens with one attached hydrogen (secondary N) is 2. The molecule has 0 aliphatic carbocycles. The summed E-state index contributed by atoms with van der Waals surface area (Å²) in [4.78, 5) is 3.34. The zero-order chi connectivity index (χ0) is 11.5. The Labute approximate surface area is 101 Å². The van der Waals surface area contributed by atoms with Crippen molar-refractivity contribution in [3.05, 3.63) is 35.0 Å². The average molecular weight is 237 g/mol. The molecule has 0 aliphatic heterocycles. The number of aromatic amines is 1. The Morgan fingerprint density at radius 1 is 1.38 bits per heavy atom. The largest absolute Gasteiger partial charge is 0.356 e. The Kier molecular flexibility index (Phi) is 3.52. The summed E-state index contributed by atoms with van der Waals surface area (Å²) in [5.74, 6) is 0.674. The second kappa shape index (κ2) is 4.89. The van der Waals surface area contributed by atoms with Gasteiger partial charge >= 0.3 is 0 Å². The van der Waals surface area contributed by atoms with Gasteiger partial charge in [0.1, 0.15) is 0 Å². The van der Waals surface area contributed by atoms with E-state index in [9.17, 15) is 0 Å². The zero-order valence-corrected chi connectivity index (χ0v) is 10.4. The fourth-order valence-electron chi connectivity index (χ4n) is 1.77. The second-order valence-corrected chi connectivity index (χ2v) is 4.93. The molecular formula is C13H17ClN2. The van der Waals surface area contributed by atoms with Gasteiger partial charge in [-0.1, -0.05) is 37.6 Å². The maximum Gasteiger partial charge on any atom is 0.0647 e. The van der Waals surface area contributed by atoms with E-state index >= 15 is 0 Å². The van der Waals surface area contributed by atoms with Gasteiger partial charge < -0.3 is 10.3 Å². The Morgan fingerprint density at radius 3 is 2.88 bits per heavy atom. The molecule has 1 aromatic heterocycles. The summed E-state index contributed by atoms with van der Waals surface area (Å²) < 4.78 is 0. The van der Waals surface area contributed by atoms with Gasteiger partial charge in [-0.25, -0.2) is 0 Å². The second-order valence-electron chi connectivity index (χ2n) is 4.52. The van der Waals surface area contributed by atoms with E-state index < -0.39 is 0 Å². The quantitative estimate of drug-likeness (QED) is 0.835. The molecule has 0 bridgehead atoms. The van der Waals surface area contributed by atoms with Crippen LogP contribution in [0.3, 0.4) is 0 Å². The highest BCUT2D eigenvalue weighted by molar-refractivity contribution is 6.35. The summed E-state index contributed by atoms with van der Waals surface area (Å²) in [5.41, 5.74) is 2.22. The SMILES string of the molecule is CC(C)CNCc1cc2cccc(Cl)c2[nH]1. The van der Waals surface area contributed by atoms with Crippen molar-refractivity contribution in [2.45, 2.75) is 20.4 Å². The number of hydrogen-bond donors (Lipinski definition) is 2. The van der Waals surface area contributed by atoms with Gasteiger partial charge in [0.25, 0.3) is 0 Å². The summed E-state index contributed by atoms with van der Waals surface area (Å²) in [5, 5.41) is 5.37. The van der Waals surface area contributed by atoms with E-state index in [0.29, 0.717) is 5.92 Å². The van der Waals surface area contributed by atoms with Crippen molar-refractivity contribution in [1.29, 1.82) is 0 Å². The van der Waals surface area contributed by atoms with Crippen LogP contribution in [0.2, 0.25) is 5.02 Å². The first kappa shape index (κ1) is 11.5. The summed E-state index contributed by atoms with van der Waals surface area (Å²) >= 11 is 6.10. The average Bonchev–Trinajstić information content (AvgIpc) is 2.61. The van der Waals surface area contributed by atoms with E-state index in [0.717, 1.165) is 23.6 Å². The van der Waals surface area contributed by atoms with Crippen LogP contribution < -0.4 is 5.32 Å². The molecule has 1 aromatic carbocycles. The lowest BCUT2D eigenvalue weighted by molar-refractivity contribution is 0.549. The highest BCUT2D eigenvalue weighted by Gasteiger charge is 2.03. The fourth-order valence-corrected chi connectivity index (χ4v) is 2.00. The van der Waals surface area contributed by atoms with E-state index in [1.165, 1.54) is 11.1 Å². The molecule has 0 aliphatic rings. The van der Waals surface area contributed by atoms with Crippen molar-refractivity contribution >= 4 is 22.5 Å². The van der Waals surface area contributed by atoms with E-state index in [4.69, 9.17) is 11.6 Å². The molecule has 0 amide bonds. The third kappa shape index (κ3) is 2.57. The number of rotatable bonds is 4. The molecule has 0 unspecified atom stereocenters. The maximum atomic E-state index is 6.10. The lowest BCUT2D eigenvalue weighted by atomic mass is 10.2. The number of H-pyrrole nitrogens is 1. The van der Waals surface area contributed by atoms with Gasteiger partial charge in [-0.3, -0.25) is 0 Å². The Bertz CT molecular complexity index is 474. The topological polar surface area (TPSA) is 27.8 Å². The van der Waals surface area contributed by atoms with Crippen molar-refractivity contribution in [3.8, 4) is 0 Å². The van der Waals surface area contributed by atoms with E-state index in [1.54, 1.807) is 0 Å². The fraction of sp³-hybridized carbons (Fsp3) is 0.385. The molecule has 0 saturated heterocycles. The molecule has 2 aromatic rings. The van der Waals surface area contributed by atoms with Crippen molar-refractivity contribution in [1.82, 2.24) is 10.3 Å². The molecule has 2 nitrogen and oxygen atoms in total. The molecule has 3 heteroatoms. The molecule has 2 N–H and O–H groups in total. The van der Waals surface area contributed by atoms with Crippen LogP contribution in [0, 0.1) is 5.92 Å². The molecule has 0 radical (unpaired) electrons. The molecule has 16 heavy (non-hydrogen) atoms. The Hall–Kier alpha value is -0.990.